The molecule has 0 radical (unpaired) electrons. The normalized spacial score (nSPS) is 12.8. The van der Waals surface area contributed by atoms with Crippen LogP contribution in [-0.2, 0) is 11.2 Å². The second-order valence-corrected chi connectivity index (χ2v) is 7.60. The van der Waals surface area contributed by atoms with E-state index < -0.39 is 11.4 Å². The minimum atomic E-state index is -1.43. The van der Waals surface area contributed by atoms with Crippen LogP contribution < -0.4 is 21.3 Å². The van der Waals surface area contributed by atoms with Crippen LogP contribution in [0.5, 0.6) is 5.75 Å². The van der Waals surface area contributed by atoms with E-state index in [2.05, 4.69) is 22.4 Å². The SMILES string of the molecule is Cc1cc(CCOc2ccc(C(=O)NCC(C)(N)C(=O)NO)cc2)c2ccccc2n1. The van der Waals surface area contributed by atoms with Gasteiger partial charge in [0, 0.05) is 29.6 Å². The Morgan fingerprint density at radius 2 is 1.87 bits per heavy atom. The van der Waals surface area contributed by atoms with E-state index in [1.807, 2.05) is 25.1 Å². The Morgan fingerprint density at radius 1 is 1.16 bits per heavy atom. The summed E-state index contributed by atoms with van der Waals surface area (Å²) >= 11 is 0. The van der Waals surface area contributed by atoms with E-state index in [9.17, 15) is 9.59 Å². The van der Waals surface area contributed by atoms with Gasteiger partial charge >= 0.3 is 0 Å². The number of aromatic nitrogens is 1. The van der Waals surface area contributed by atoms with Crippen LogP contribution in [0.15, 0.2) is 54.6 Å². The maximum absolute atomic E-state index is 12.3. The molecule has 2 amide bonds. The monoisotopic (exact) mass is 422 g/mol. The lowest BCUT2D eigenvalue weighted by molar-refractivity contribution is -0.134. The van der Waals surface area contributed by atoms with Gasteiger partial charge in [0.2, 0.25) is 0 Å². The minimum absolute atomic E-state index is 0.129. The molecule has 8 heteroatoms. The molecule has 0 saturated heterocycles. The predicted molar refractivity (Wildman–Crippen MR) is 117 cm³/mol. The van der Waals surface area contributed by atoms with Crippen molar-refractivity contribution in [3.8, 4) is 5.75 Å². The van der Waals surface area contributed by atoms with Crippen molar-refractivity contribution in [3.63, 3.8) is 0 Å². The summed E-state index contributed by atoms with van der Waals surface area (Å²) in [4.78, 5) is 28.3. The van der Waals surface area contributed by atoms with E-state index in [4.69, 9.17) is 15.7 Å². The first kappa shape index (κ1) is 22.2. The number of hydrogen-bond acceptors (Lipinski definition) is 6. The molecule has 5 N–H and O–H groups in total. The number of carbonyl (C=O) groups is 2. The zero-order valence-electron chi connectivity index (χ0n) is 17.5. The number of aryl methyl sites for hydroxylation is 1. The largest absolute Gasteiger partial charge is 0.493 e. The fourth-order valence-corrected chi connectivity index (χ4v) is 3.16. The summed E-state index contributed by atoms with van der Waals surface area (Å²) in [5.74, 6) is -0.517. The van der Waals surface area contributed by atoms with Crippen LogP contribution in [0.3, 0.4) is 0 Å². The van der Waals surface area contributed by atoms with Crippen molar-refractivity contribution in [2.75, 3.05) is 13.2 Å². The number of ether oxygens (including phenoxy) is 1. The summed E-state index contributed by atoms with van der Waals surface area (Å²) in [6, 6.07) is 16.8. The van der Waals surface area contributed by atoms with Crippen molar-refractivity contribution >= 4 is 22.7 Å². The summed E-state index contributed by atoms with van der Waals surface area (Å²) in [5.41, 5.74) is 9.33. The topological polar surface area (TPSA) is 127 Å². The molecular weight excluding hydrogens is 396 g/mol. The van der Waals surface area contributed by atoms with Crippen LogP contribution in [0.4, 0.5) is 0 Å². The highest BCUT2D eigenvalue weighted by Crippen LogP contribution is 2.19. The van der Waals surface area contributed by atoms with Gasteiger partial charge in [0.1, 0.15) is 11.3 Å². The number of benzene rings is 2. The van der Waals surface area contributed by atoms with Gasteiger partial charge in [-0.2, -0.15) is 0 Å². The van der Waals surface area contributed by atoms with E-state index in [-0.39, 0.29) is 12.5 Å². The third-order valence-electron chi connectivity index (χ3n) is 4.92. The maximum atomic E-state index is 12.3. The third kappa shape index (κ3) is 5.56. The number of fused-ring (bicyclic) bond motifs is 1. The van der Waals surface area contributed by atoms with Crippen molar-refractivity contribution in [1.82, 2.24) is 15.8 Å². The summed E-state index contributed by atoms with van der Waals surface area (Å²) in [5, 5.41) is 12.4. The van der Waals surface area contributed by atoms with E-state index in [1.54, 1.807) is 24.3 Å². The molecule has 8 nitrogen and oxygen atoms in total. The number of hydroxylamine groups is 1. The van der Waals surface area contributed by atoms with Crippen LogP contribution in [-0.4, -0.2) is 40.7 Å². The first-order valence-electron chi connectivity index (χ1n) is 9.90. The van der Waals surface area contributed by atoms with Gasteiger partial charge in [-0.1, -0.05) is 18.2 Å². The molecule has 162 valence electrons. The molecule has 3 rings (SSSR count). The van der Waals surface area contributed by atoms with E-state index in [1.165, 1.54) is 18.0 Å². The zero-order valence-corrected chi connectivity index (χ0v) is 17.5. The Morgan fingerprint density at radius 3 is 2.58 bits per heavy atom. The van der Waals surface area contributed by atoms with Crippen molar-refractivity contribution < 1.29 is 19.5 Å². The van der Waals surface area contributed by atoms with Gasteiger partial charge < -0.3 is 15.8 Å². The van der Waals surface area contributed by atoms with Crippen molar-refractivity contribution in [2.45, 2.75) is 25.8 Å². The number of nitrogens with one attached hydrogen (secondary N) is 2. The molecule has 31 heavy (non-hydrogen) atoms. The summed E-state index contributed by atoms with van der Waals surface area (Å²) in [7, 11) is 0. The summed E-state index contributed by atoms with van der Waals surface area (Å²) in [6.07, 6.45) is 0.730. The molecular formula is C23H26N4O4. The van der Waals surface area contributed by atoms with Gasteiger partial charge in [-0.25, -0.2) is 5.48 Å². The molecule has 0 saturated carbocycles. The molecule has 0 aliphatic carbocycles. The predicted octanol–water partition coefficient (Wildman–Crippen LogP) is 2.12. The molecule has 0 fully saturated rings. The molecule has 1 aromatic heterocycles. The first-order chi connectivity index (χ1) is 14.8. The number of amides is 2. The Labute approximate surface area is 180 Å². The first-order valence-corrected chi connectivity index (χ1v) is 9.90. The fourth-order valence-electron chi connectivity index (χ4n) is 3.16. The van der Waals surface area contributed by atoms with Crippen LogP contribution >= 0.6 is 0 Å². The number of para-hydroxylation sites is 1. The molecule has 0 aliphatic rings. The Bertz CT molecular complexity index is 1080. The van der Waals surface area contributed by atoms with Crippen LogP contribution in [0.25, 0.3) is 10.9 Å². The van der Waals surface area contributed by atoms with Gasteiger partial charge in [-0.3, -0.25) is 19.8 Å². The second-order valence-electron chi connectivity index (χ2n) is 7.60. The highest BCUT2D eigenvalue weighted by Gasteiger charge is 2.28. The number of nitrogens with zero attached hydrogens (tertiary/aromatic N) is 1. The Balaban J connectivity index is 1.55. The van der Waals surface area contributed by atoms with Crippen LogP contribution in [0.2, 0.25) is 0 Å². The van der Waals surface area contributed by atoms with Gasteiger partial charge in [0.05, 0.1) is 12.1 Å². The second kappa shape index (κ2) is 9.55. The van der Waals surface area contributed by atoms with E-state index in [0.717, 1.165) is 23.0 Å². The number of hydrogen-bond donors (Lipinski definition) is 4. The fraction of sp³-hybridized carbons (Fsp3) is 0.261. The molecule has 1 atom stereocenters. The Kier molecular flexibility index (Phi) is 6.84. The third-order valence-corrected chi connectivity index (χ3v) is 4.92. The van der Waals surface area contributed by atoms with Crippen LogP contribution in [0, 0.1) is 6.92 Å². The highest BCUT2D eigenvalue weighted by atomic mass is 16.5. The van der Waals surface area contributed by atoms with Gasteiger partial charge in [-0.05, 0) is 55.8 Å². The molecule has 3 aromatic rings. The Hall–Kier alpha value is -3.49. The summed E-state index contributed by atoms with van der Waals surface area (Å²) in [6.45, 7) is 3.74. The lowest BCUT2D eigenvalue weighted by Gasteiger charge is -2.22. The zero-order chi connectivity index (χ0) is 22.4. The van der Waals surface area contributed by atoms with E-state index >= 15 is 0 Å². The molecule has 1 heterocycles. The number of rotatable bonds is 8. The number of pyridine rings is 1. The van der Waals surface area contributed by atoms with Crippen molar-refractivity contribution in [3.05, 3.63) is 71.4 Å². The van der Waals surface area contributed by atoms with Gasteiger partial charge in [0.15, 0.2) is 0 Å². The van der Waals surface area contributed by atoms with Crippen molar-refractivity contribution in [1.29, 1.82) is 0 Å². The lowest BCUT2D eigenvalue weighted by Crippen LogP contribution is -2.57. The molecule has 0 aliphatic heterocycles. The molecule has 0 spiro atoms. The van der Waals surface area contributed by atoms with Crippen molar-refractivity contribution in [2.24, 2.45) is 5.73 Å². The minimum Gasteiger partial charge on any atom is -0.493 e. The van der Waals surface area contributed by atoms with Gasteiger partial charge in [-0.15, -0.1) is 0 Å². The molecule has 2 aromatic carbocycles. The highest BCUT2D eigenvalue weighted by molar-refractivity contribution is 5.95. The average Bonchev–Trinajstić information content (AvgIpc) is 2.77. The number of carbonyl (C=O) groups excluding carboxylic acids is 2. The smallest absolute Gasteiger partial charge is 0.264 e. The maximum Gasteiger partial charge on any atom is 0.264 e. The standard InChI is InChI=1S/C23H26N4O4/c1-15-13-17(19-5-3-4-6-20(19)26-15)11-12-31-18-9-7-16(8-10-18)21(28)25-14-23(2,24)22(29)27-30/h3-10,13,30H,11-12,14,24H2,1-2H3,(H,25,28)(H,27,29). The molecule has 1 unspecified atom stereocenters. The van der Waals surface area contributed by atoms with Crippen LogP contribution in [0.1, 0.15) is 28.5 Å². The number of nitrogens with two attached hydrogens (primary N) is 1. The van der Waals surface area contributed by atoms with Gasteiger partial charge in [0.25, 0.3) is 11.8 Å². The summed E-state index contributed by atoms with van der Waals surface area (Å²) < 4.78 is 5.84. The molecule has 0 bridgehead atoms. The quantitative estimate of drug-likeness (QED) is 0.325. The lowest BCUT2D eigenvalue weighted by atomic mass is 10.0. The average molecular weight is 422 g/mol. The van der Waals surface area contributed by atoms with E-state index in [0.29, 0.717) is 17.9 Å².